The maximum Gasteiger partial charge on any atom is 0.206 e. The second-order valence-corrected chi connectivity index (χ2v) is 6.16. The van der Waals surface area contributed by atoms with Crippen molar-refractivity contribution >= 4 is 40.3 Å². The highest BCUT2D eigenvalue weighted by Crippen LogP contribution is 2.35. The Morgan fingerprint density at radius 2 is 1.83 bits per heavy atom. The van der Waals surface area contributed by atoms with E-state index in [2.05, 4.69) is 4.99 Å². The maximum atomic E-state index is 12.3. The first-order valence-corrected chi connectivity index (χ1v) is 7.77. The van der Waals surface area contributed by atoms with Crippen LogP contribution >= 0.6 is 23.2 Å². The Balaban J connectivity index is 1.85. The van der Waals surface area contributed by atoms with E-state index in [0.29, 0.717) is 12.0 Å². The third-order valence-corrected chi connectivity index (χ3v) is 4.68. The first-order chi connectivity index (χ1) is 11.1. The van der Waals surface area contributed by atoms with Crippen LogP contribution in [0.1, 0.15) is 6.42 Å². The van der Waals surface area contributed by atoms with Crippen molar-refractivity contribution in [3.05, 3.63) is 80.0 Å². The van der Waals surface area contributed by atoms with Crippen molar-refractivity contribution in [3.8, 4) is 0 Å². The molecule has 0 aromatic heterocycles. The molecule has 0 N–H and O–H groups in total. The molecule has 0 amide bonds. The molecule has 1 heterocycles. The van der Waals surface area contributed by atoms with Gasteiger partial charge in [-0.1, -0.05) is 47.5 Å². The third kappa shape index (κ3) is 2.16. The fourth-order valence-electron chi connectivity index (χ4n) is 2.93. The average Bonchev–Trinajstić information content (AvgIpc) is 2.91. The molecular weight excluding hydrogens is 333 g/mol. The van der Waals surface area contributed by atoms with Gasteiger partial charge in [0, 0.05) is 11.3 Å². The molecule has 2 aliphatic carbocycles. The molecular formula is C18H9Cl2NO2. The fourth-order valence-corrected chi connectivity index (χ4v) is 3.38. The number of hydrogen-bond acceptors (Lipinski definition) is 3. The Labute approximate surface area is 141 Å². The zero-order valence-corrected chi connectivity index (χ0v) is 13.3. The summed E-state index contributed by atoms with van der Waals surface area (Å²) in [6.45, 7) is 0. The van der Waals surface area contributed by atoms with Crippen LogP contribution in [0.2, 0.25) is 0 Å². The molecule has 0 fully saturated rings. The summed E-state index contributed by atoms with van der Waals surface area (Å²) in [5.74, 6) is -0.884. The molecule has 23 heavy (non-hydrogen) atoms. The van der Waals surface area contributed by atoms with E-state index in [1.54, 1.807) is 6.08 Å². The van der Waals surface area contributed by atoms with Crippen molar-refractivity contribution in [1.82, 2.24) is 0 Å². The second-order valence-electron chi connectivity index (χ2n) is 5.38. The van der Waals surface area contributed by atoms with E-state index in [-0.39, 0.29) is 15.6 Å². The predicted molar refractivity (Wildman–Crippen MR) is 88.2 cm³/mol. The SMILES string of the molecule is O=C1C=C(Cl)C(=O)C(C2=CCC3=c4ccccc4=NC3=C2)=C1Cl. The number of carbonyl (C=O) groups excluding carboxylic acids is 2. The first kappa shape index (κ1) is 14.4. The highest BCUT2D eigenvalue weighted by molar-refractivity contribution is 6.55. The quantitative estimate of drug-likeness (QED) is 0.736. The highest BCUT2D eigenvalue weighted by atomic mass is 35.5. The van der Waals surface area contributed by atoms with Gasteiger partial charge in [-0.25, -0.2) is 4.99 Å². The van der Waals surface area contributed by atoms with Crippen molar-refractivity contribution in [2.45, 2.75) is 6.42 Å². The minimum atomic E-state index is -0.452. The van der Waals surface area contributed by atoms with Gasteiger partial charge in [0.15, 0.2) is 5.78 Å². The number of Topliss-reactive ketones (excluding diaryl/α,β-unsaturated/α-hetero) is 1. The lowest BCUT2D eigenvalue weighted by atomic mass is 9.89. The van der Waals surface area contributed by atoms with Crippen LogP contribution in [0.4, 0.5) is 0 Å². The number of ketones is 2. The van der Waals surface area contributed by atoms with Gasteiger partial charge in [0.1, 0.15) is 0 Å². The molecule has 1 aromatic rings. The molecule has 0 saturated carbocycles. The molecule has 4 rings (SSSR count). The summed E-state index contributed by atoms with van der Waals surface area (Å²) in [6, 6.07) is 7.87. The van der Waals surface area contributed by atoms with Crippen molar-refractivity contribution in [2.24, 2.45) is 4.99 Å². The number of fused-ring (bicyclic) bond motifs is 2. The molecule has 0 unspecified atom stereocenters. The van der Waals surface area contributed by atoms with Gasteiger partial charge < -0.3 is 0 Å². The van der Waals surface area contributed by atoms with E-state index < -0.39 is 11.6 Å². The van der Waals surface area contributed by atoms with Crippen LogP contribution in [0.3, 0.4) is 0 Å². The first-order valence-electron chi connectivity index (χ1n) is 7.02. The van der Waals surface area contributed by atoms with Crippen LogP contribution in [0.15, 0.2) is 74.4 Å². The lowest BCUT2D eigenvalue weighted by molar-refractivity contribution is -0.114. The summed E-state index contributed by atoms with van der Waals surface area (Å²) in [5, 5.41) is 1.79. The number of rotatable bonds is 1. The lowest BCUT2D eigenvalue weighted by Gasteiger charge is -2.17. The van der Waals surface area contributed by atoms with Crippen molar-refractivity contribution in [1.29, 1.82) is 0 Å². The molecule has 112 valence electrons. The van der Waals surface area contributed by atoms with E-state index in [1.165, 1.54) is 0 Å². The van der Waals surface area contributed by atoms with Gasteiger partial charge in [-0.2, -0.15) is 0 Å². The molecule has 1 aliphatic heterocycles. The van der Waals surface area contributed by atoms with Crippen LogP contribution in [0.25, 0.3) is 5.57 Å². The molecule has 0 saturated heterocycles. The summed E-state index contributed by atoms with van der Waals surface area (Å²) in [5.41, 5.74) is 2.65. The summed E-state index contributed by atoms with van der Waals surface area (Å²) in [4.78, 5) is 28.7. The topological polar surface area (TPSA) is 46.5 Å². The normalized spacial score (nSPS) is 19.7. The number of para-hydroxylation sites is 1. The molecule has 1 aromatic carbocycles. The number of hydrogen-bond donors (Lipinski definition) is 0. The summed E-state index contributed by atoms with van der Waals surface area (Å²) < 4.78 is 0. The Hall–Kier alpha value is -2.23. The molecule has 0 spiro atoms. The maximum absolute atomic E-state index is 12.3. The van der Waals surface area contributed by atoms with Gasteiger partial charge in [0.05, 0.1) is 26.7 Å². The summed E-state index contributed by atoms with van der Waals surface area (Å²) in [6.07, 6.45) is 5.35. The molecule has 5 heteroatoms. The minimum Gasteiger partial charge on any atom is -0.288 e. The van der Waals surface area contributed by atoms with Crippen LogP contribution in [0.5, 0.6) is 0 Å². The monoisotopic (exact) mass is 341 g/mol. The largest absolute Gasteiger partial charge is 0.288 e. The predicted octanol–water partition coefficient (Wildman–Crippen LogP) is 2.45. The lowest BCUT2D eigenvalue weighted by Crippen LogP contribution is -2.22. The third-order valence-electron chi connectivity index (χ3n) is 4.02. The standard InChI is InChI=1S/C18H9Cl2NO2/c19-12-8-15(22)17(20)16(18(12)23)9-5-6-11-10-3-1-2-4-13(10)21-14(11)7-9/h1-5,7-8H,6H2. The highest BCUT2D eigenvalue weighted by Gasteiger charge is 2.30. The van der Waals surface area contributed by atoms with Gasteiger partial charge in [0.25, 0.3) is 0 Å². The minimum absolute atomic E-state index is 0.0959. The van der Waals surface area contributed by atoms with Gasteiger partial charge in [-0.3, -0.25) is 9.59 Å². The Morgan fingerprint density at radius 1 is 1.04 bits per heavy atom. The second kappa shape index (κ2) is 5.15. The fraction of sp³-hybridized carbons (Fsp3) is 0.0556. The number of benzene rings is 1. The number of halogens is 2. The smallest absolute Gasteiger partial charge is 0.206 e. The average molecular weight is 342 g/mol. The van der Waals surface area contributed by atoms with E-state index in [1.807, 2.05) is 30.3 Å². The summed E-state index contributed by atoms with van der Waals surface area (Å²) >= 11 is 11.9. The van der Waals surface area contributed by atoms with E-state index in [9.17, 15) is 9.59 Å². The van der Waals surface area contributed by atoms with Crippen molar-refractivity contribution in [3.63, 3.8) is 0 Å². The van der Waals surface area contributed by atoms with E-state index in [0.717, 1.165) is 27.9 Å². The Morgan fingerprint density at radius 3 is 2.65 bits per heavy atom. The molecule has 3 nitrogen and oxygen atoms in total. The van der Waals surface area contributed by atoms with Crippen LogP contribution in [-0.4, -0.2) is 11.6 Å². The Kier molecular flexibility index (Phi) is 3.22. The van der Waals surface area contributed by atoms with E-state index in [4.69, 9.17) is 23.2 Å². The number of carbonyl (C=O) groups is 2. The van der Waals surface area contributed by atoms with E-state index >= 15 is 0 Å². The van der Waals surface area contributed by atoms with Crippen LogP contribution in [0, 0.1) is 0 Å². The Bertz CT molecular complexity index is 1040. The van der Waals surface area contributed by atoms with Gasteiger partial charge in [-0.05, 0) is 29.7 Å². The number of nitrogens with zero attached hydrogens (tertiary/aromatic N) is 1. The summed E-state index contributed by atoms with van der Waals surface area (Å²) in [7, 11) is 0. The van der Waals surface area contributed by atoms with Crippen LogP contribution in [-0.2, 0) is 9.59 Å². The molecule has 0 atom stereocenters. The van der Waals surface area contributed by atoms with Crippen LogP contribution < -0.4 is 10.6 Å². The zero-order valence-electron chi connectivity index (χ0n) is 11.8. The van der Waals surface area contributed by atoms with Gasteiger partial charge in [0.2, 0.25) is 5.78 Å². The molecule has 3 aliphatic rings. The van der Waals surface area contributed by atoms with Gasteiger partial charge >= 0.3 is 0 Å². The zero-order chi connectivity index (χ0) is 16.1. The molecule has 0 bridgehead atoms. The number of allylic oxidation sites excluding steroid dienone is 8. The van der Waals surface area contributed by atoms with Gasteiger partial charge in [-0.15, -0.1) is 0 Å². The van der Waals surface area contributed by atoms with Crippen molar-refractivity contribution < 1.29 is 9.59 Å². The molecule has 0 radical (unpaired) electrons. The van der Waals surface area contributed by atoms with Crippen molar-refractivity contribution in [2.75, 3.05) is 0 Å².